The molecule has 0 radical (unpaired) electrons. The lowest BCUT2D eigenvalue weighted by Crippen LogP contribution is -1.93. The number of rotatable bonds is 2. The van der Waals surface area contributed by atoms with Crippen LogP contribution in [0.2, 0.25) is 0 Å². The van der Waals surface area contributed by atoms with Crippen LogP contribution in [0, 0.1) is 6.92 Å². The summed E-state index contributed by atoms with van der Waals surface area (Å²) in [5.74, 6) is 1.50. The van der Waals surface area contributed by atoms with Crippen LogP contribution < -0.4 is 4.74 Å². The van der Waals surface area contributed by atoms with Crippen LogP contribution in [0.4, 0.5) is 0 Å². The number of benzene rings is 1. The highest BCUT2D eigenvalue weighted by Crippen LogP contribution is 2.31. The summed E-state index contributed by atoms with van der Waals surface area (Å²) in [7, 11) is 1.60. The van der Waals surface area contributed by atoms with Crippen LogP contribution in [0.15, 0.2) is 22.6 Å². The van der Waals surface area contributed by atoms with Crippen molar-refractivity contribution in [3.63, 3.8) is 0 Å². The fraction of sp³-hybridized carbons (Fsp3) is 0.250. The highest BCUT2D eigenvalue weighted by Gasteiger charge is 2.13. The molecule has 1 aromatic carbocycles. The van der Waals surface area contributed by atoms with Crippen molar-refractivity contribution in [1.82, 2.24) is 0 Å². The Labute approximate surface area is 87.6 Å². The lowest BCUT2D eigenvalue weighted by molar-refractivity contribution is 0.101. The predicted molar refractivity (Wildman–Crippen MR) is 57.5 cm³/mol. The fourth-order valence-corrected chi connectivity index (χ4v) is 1.68. The molecule has 3 nitrogen and oxygen atoms in total. The first-order valence-electron chi connectivity index (χ1n) is 4.71. The van der Waals surface area contributed by atoms with Crippen molar-refractivity contribution in [3.8, 4) is 5.75 Å². The second-order valence-corrected chi connectivity index (χ2v) is 3.47. The van der Waals surface area contributed by atoms with Gasteiger partial charge < -0.3 is 9.15 Å². The Morgan fingerprint density at radius 2 is 2.13 bits per heavy atom. The van der Waals surface area contributed by atoms with E-state index in [1.807, 2.05) is 13.0 Å². The summed E-state index contributed by atoms with van der Waals surface area (Å²) >= 11 is 0. The van der Waals surface area contributed by atoms with Gasteiger partial charge in [-0.3, -0.25) is 4.79 Å². The van der Waals surface area contributed by atoms with Crippen molar-refractivity contribution in [2.75, 3.05) is 7.11 Å². The van der Waals surface area contributed by atoms with Gasteiger partial charge in [0.15, 0.2) is 5.78 Å². The van der Waals surface area contributed by atoms with Crippen molar-refractivity contribution >= 4 is 16.8 Å². The third-order valence-electron chi connectivity index (χ3n) is 2.37. The van der Waals surface area contributed by atoms with Gasteiger partial charge in [-0.2, -0.15) is 0 Å². The van der Waals surface area contributed by atoms with E-state index in [1.165, 1.54) is 6.92 Å². The molecule has 3 heteroatoms. The minimum Gasteiger partial charge on any atom is -0.496 e. The Balaban J connectivity index is 2.82. The van der Waals surface area contributed by atoms with Crippen LogP contribution in [0.5, 0.6) is 5.75 Å². The van der Waals surface area contributed by atoms with Crippen molar-refractivity contribution in [2.24, 2.45) is 0 Å². The standard InChI is InChI=1S/C12H12O3/c1-7-6-10-11(14-3)5-4-9(8(2)13)12(10)15-7/h4-6H,1-3H3. The first-order chi connectivity index (χ1) is 7.13. The maximum atomic E-state index is 11.4. The van der Waals surface area contributed by atoms with Gasteiger partial charge in [-0.05, 0) is 32.0 Å². The van der Waals surface area contributed by atoms with Gasteiger partial charge in [0.2, 0.25) is 0 Å². The molecule has 0 spiro atoms. The molecule has 0 aliphatic carbocycles. The molecule has 0 atom stereocenters. The van der Waals surface area contributed by atoms with Gasteiger partial charge in [0.1, 0.15) is 17.1 Å². The van der Waals surface area contributed by atoms with E-state index in [9.17, 15) is 4.79 Å². The van der Waals surface area contributed by atoms with E-state index < -0.39 is 0 Å². The second kappa shape index (κ2) is 3.42. The maximum absolute atomic E-state index is 11.4. The van der Waals surface area contributed by atoms with Crippen LogP contribution in [-0.4, -0.2) is 12.9 Å². The summed E-state index contributed by atoms with van der Waals surface area (Å²) in [6, 6.07) is 5.39. The summed E-state index contributed by atoms with van der Waals surface area (Å²) in [6.45, 7) is 3.38. The molecule has 1 heterocycles. The molecule has 2 aromatic rings. The van der Waals surface area contributed by atoms with E-state index in [-0.39, 0.29) is 5.78 Å². The van der Waals surface area contributed by atoms with Gasteiger partial charge in [0, 0.05) is 0 Å². The number of ether oxygens (including phenoxy) is 1. The highest BCUT2D eigenvalue weighted by atomic mass is 16.5. The zero-order chi connectivity index (χ0) is 11.0. The normalized spacial score (nSPS) is 10.6. The number of fused-ring (bicyclic) bond motifs is 1. The largest absolute Gasteiger partial charge is 0.496 e. The first kappa shape index (κ1) is 9.77. The molecule has 0 amide bonds. The van der Waals surface area contributed by atoms with Gasteiger partial charge in [-0.15, -0.1) is 0 Å². The van der Waals surface area contributed by atoms with Crippen molar-refractivity contribution in [1.29, 1.82) is 0 Å². The van der Waals surface area contributed by atoms with E-state index in [0.29, 0.717) is 11.1 Å². The molecule has 0 bridgehead atoms. The van der Waals surface area contributed by atoms with Gasteiger partial charge >= 0.3 is 0 Å². The number of aryl methyl sites for hydroxylation is 1. The molecule has 0 aliphatic rings. The number of furan rings is 1. The number of Topliss-reactive ketones (excluding diaryl/α,β-unsaturated/α-hetero) is 1. The van der Waals surface area contributed by atoms with E-state index in [4.69, 9.17) is 9.15 Å². The molecular weight excluding hydrogens is 192 g/mol. The van der Waals surface area contributed by atoms with Crippen LogP contribution in [0.25, 0.3) is 11.0 Å². The zero-order valence-corrected chi connectivity index (χ0v) is 8.96. The van der Waals surface area contributed by atoms with E-state index in [1.54, 1.807) is 19.2 Å². The second-order valence-electron chi connectivity index (χ2n) is 3.47. The third-order valence-corrected chi connectivity index (χ3v) is 2.37. The summed E-state index contributed by atoms with van der Waals surface area (Å²) in [6.07, 6.45) is 0. The highest BCUT2D eigenvalue weighted by molar-refractivity contribution is 6.06. The minimum absolute atomic E-state index is 0.00277. The average molecular weight is 204 g/mol. The van der Waals surface area contributed by atoms with Gasteiger partial charge in [0.05, 0.1) is 18.1 Å². The number of hydrogen-bond acceptors (Lipinski definition) is 3. The molecule has 15 heavy (non-hydrogen) atoms. The molecular formula is C12H12O3. The Morgan fingerprint density at radius 3 is 2.73 bits per heavy atom. The lowest BCUT2D eigenvalue weighted by Gasteiger charge is -2.02. The number of carbonyl (C=O) groups is 1. The van der Waals surface area contributed by atoms with E-state index in [0.717, 1.165) is 16.9 Å². The Hall–Kier alpha value is -1.77. The molecule has 1 aromatic heterocycles. The topological polar surface area (TPSA) is 39.4 Å². The predicted octanol–water partition coefficient (Wildman–Crippen LogP) is 2.95. The molecule has 0 aliphatic heterocycles. The Bertz CT molecular complexity index is 523. The summed E-state index contributed by atoms with van der Waals surface area (Å²) in [5, 5.41) is 0.850. The quantitative estimate of drug-likeness (QED) is 0.706. The third kappa shape index (κ3) is 1.50. The van der Waals surface area contributed by atoms with Crippen molar-refractivity contribution < 1.29 is 13.9 Å². The van der Waals surface area contributed by atoms with Gasteiger partial charge in [0.25, 0.3) is 0 Å². The van der Waals surface area contributed by atoms with Crippen LogP contribution in [-0.2, 0) is 0 Å². The zero-order valence-electron chi connectivity index (χ0n) is 8.96. The van der Waals surface area contributed by atoms with E-state index >= 15 is 0 Å². The first-order valence-corrected chi connectivity index (χ1v) is 4.71. The van der Waals surface area contributed by atoms with Gasteiger partial charge in [-0.1, -0.05) is 0 Å². The van der Waals surface area contributed by atoms with Crippen LogP contribution in [0.1, 0.15) is 23.0 Å². The van der Waals surface area contributed by atoms with Crippen molar-refractivity contribution in [3.05, 3.63) is 29.5 Å². The molecule has 0 unspecified atom stereocenters. The maximum Gasteiger partial charge on any atom is 0.163 e. The molecule has 78 valence electrons. The monoisotopic (exact) mass is 204 g/mol. The minimum atomic E-state index is -0.00277. The lowest BCUT2D eigenvalue weighted by atomic mass is 10.1. The fourth-order valence-electron chi connectivity index (χ4n) is 1.68. The molecule has 0 saturated heterocycles. The summed E-state index contributed by atoms with van der Waals surface area (Å²) in [4.78, 5) is 11.4. The average Bonchev–Trinajstić information content (AvgIpc) is 2.56. The molecule has 0 N–H and O–H groups in total. The van der Waals surface area contributed by atoms with Crippen LogP contribution in [0.3, 0.4) is 0 Å². The molecule has 0 fully saturated rings. The Morgan fingerprint density at radius 1 is 1.40 bits per heavy atom. The van der Waals surface area contributed by atoms with Crippen LogP contribution >= 0.6 is 0 Å². The number of carbonyl (C=O) groups excluding carboxylic acids is 1. The smallest absolute Gasteiger partial charge is 0.163 e. The number of hydrogen-bond donors (Lipinski definition) is 0. The summed E-state index contributed by atoms with van der Waals surface area (Å²) < 4.78 is 10.7. The number of ketones is 1. The van der Waals surface area contributed by atoms with Gasteiger partial charge in [-0.25, -0.2) is 0 Å². The van der Waals surface area contributed by atoms with Crippen molar-refractivity contribution in [2.45, 2.75) is 13.8 Å². The number of methoxy groups -OCH3 is 1. The summed E-state index contributed by atoms with van der Waals surface area (Å²) in [5.41, 5.74) is 1.21. The van der Waals surface area contributed by atoms with E-state index in [2.05, 4.69) is 0 Å². The molecule has 0 saturated carbocycles. The SMILES string of the molecule is COc1ccc(C(C)=O)c2oc(C)cc12. The Kier molecular flexibility index (Phi) is 2.23. The molecule has 2 rings (SSSR count).